The Kier molecular flexibility index (Phi) is 3.79. The number of benzene rings is 1. The zero-order valence-corrected chi connectivity index (χ0v) is 11.2. The summed E-state index contributed by atoms with van der Waals surface area (Å²) in [7, 11) is 0. The smallest absolute Gasteiger partial charge is 0.273 e. The minimum Gasteiger partial charge on any atom is -0.435 e. The Bertz CT molecular complexity index is 697. The van der Waals surface area contributed by atoms with Crippen molar-refractivity contribution in [3.05, 3.63) is 50.5 Å². The van der Waals surface area contributed by atoms with Crippen molar-refractivity contribution in [1.82, 2.24) is 4.98 Å². The fourth-order valence-electron chi connectivity index (χ4n) is 1.32. The molecule has 0 saturated carbocycles. The lowest BCUT2D eigenvalue weighted by molar-refractivity contribution is -0.384. The van der Waals surface area contributed by atoms with Crippen LogP contribution < -0.4 is 10.5 Å². The molecule has 0 saturated heterocycles. The summed E-state index contributed by atoms with van der Waals surface area (Å²) in [5, 5.41) is 10.7. The van der Waals surface area contributed by atoms with Gasteiger partial charge in [0.1, 0.15) is 0 Å². The van der Waals surface area contributed by atoms with E-state index in [9.17, 15) is 18.9 Å². The van der Waals surface area contributed by atoms with Gasteiger partial charge >= 0.3 is 0 Å². The number of nitro benzene ring substituents is 1. The van der Waals surface area contributed by atoms with E-state index in [1.807, 2.05) is 0 Å². The highest BCUT2D eigenvalue weighted by Crippen LogP contribution is 2.33. The van der Waals surface area contributed by atoms with Crippen molar-refractivity contribution >= 4 is 27.4 Å². The molecule has 2 rings (SSSR count). The summed E-state index contributed by atoms with van der Waals surface area (Å²) in [6.45, 7) is 0. The van der Waals surface area contributed by atoms with Crippen molar-refractivity contribution in [2.24, 2.45) is 0 Å². The molecule has 0 fully saturated rings. The van der Waals surface area contributed by atoms with Crippen LogP contribution in [-0.4, -0.2) is 9.91 Å². The van der Waals surface area contributed by atoms with E-state index in [4.69, 9.17) is 10.5 Å². The largest absolute Gasteiger partial charge is 0.435 e. The number of rotatable bonds is 3. The molecule has 20 heavy (non-hydrogen) atoms. The van der Waals surface area contributed by atoms with Crippen LogP contribution in [0.1, 0.15) is 0 Å². The van der Waals surface area contributed by atoms with Gasteiger partial charge in [-0.2, -0.15) is 4.98 Å². The number of non-ortho nitro benzene ring substituents is 1. The van der Waals surface area contributed by atoms with Crippen molar-refractivity contribution < 1.29 is 18.4 Å². The maximum absolute atomic E-state index is 13.5. The van der Waals surface area contributed by atoms with Gasteiger partial charge in [0, 0.05) is 12.1 Å². The van der Waals surface area contributed by atoms with E-state index in [-0.39, 0.29) is 11.4 Å². The van der Waals surface area contributed by atoms with Gasteiger partial charge in [0.05, 0.1) is 15.5 Å². The average Bonchev–Trinajstić information content (AvgIpc) is 2.38. The number of aromatic nitrogens is 1. The van der Waals surface area contributed by atoms with E-state index >= 15 is 0 Å². The van der Waals surface area contributed by atoms with Crippen LogP contribution >= 0.6 is 15.9 Å². The molecule has 9 heteroatoms. The predicted molar refractivity (Wildman–Crippen MR) is 69.4 cm³/mol. The highest BCUT2D eigenvalue weighted by molar-refractivity contribution is 9.10. The Balaban J connectivity index is 2.42. The molecule has 1 aromatic carbocycles. The molecule has 0 amide bonds. The molecule has 1 aromatic heterocycles. The third-order valence-electron chi connectivity index (χ3n) is 2.26. The van der Waals surface area contributed by atoms with Crippen LogP contribution in [0.4, 0.5) is 20.3 Å². The molecular weight excluding hydrogens is 340 g/mol. The maximum atomic E-state index is 13.5. The first-order chi connectivity index (χ1) is 9.38. The van der Waals surface area contributed by atoms with Crippen LogP contribution in [0.25, 0.3) is 0 Å². The number of nitrogens with zero attached hydrogens (tertiary/aromatic N) is 2. The monoisotopic (exact) mass is 345 g/mol. The fraction of sp³-hybridized carbons (Fsp3) is 0. The number of anilines is 1. The van der Waals surface area contributed by atoms with Crippen molar-refractivity contribution in [2.45, 2.75) is 0 Å². The third kappa shape index (κ3) is 2.82. The number of nitrogen functional groups attached to an aromatic ring is 1. The predicted octanol–water partition coefficient (Wildman–Crippen LogP) is 3.41. The molecule has 0 radical (unpaired) electrons. The van der Waals surface area contributed by atoms with Crippen molar-refractivity contribution in [3.63, 3.8) is 0 Å². The summed E-state index contributed by atoms with van der Waals surface area (Å²) in [5.41, 5.74) is 4.96. The number of pyridine rings is 1. The minimum atomic E-state index is -1.07. The average molecular weight is 346 g/mol. The first-order valence-electron chi connectivity index (χ1n) is 5.12. The molecule has 0 aliphatic carbocycles. The summed E-state index contributed by atoms with van der Waals surface area (Å²) in [6, 6.07) is 4.19. The maximum Gasteiger partial charge on any atom is 0.273 e. The zero-order valence-electron chi connectivity index (χ0n) is 9.64. The van der Waals surface area contributed by atoms with Crippen LogP contribution in [0.3, 0.4) is 0 Å². The quantitative estimate of drug-likeness (QED) is 0.679. The van der Waals surface area contributed by atoms with Crippen LogP contribution in [0.15, 0.2) is 28.7 Å². The van der Waals surface area contributed by atoms with Gasteiger partial charge in [0.25, 0.3) is 11.6 Å². The van der Waals surface area contributed by atoms with Gasteiger partial charge in [0.2, 0.25) is 0 Å². The molecule has 0 aliphatic heterocycles. The van der Waals surface area contributed by atoms with Gasteiger partial charge in [-0.3, -0.25) is 10.1 Å². The van der Waals surface area contributed by atoms with Gasteiger partial charge in [-0.25, -0.2) is 8.78 Å². The first kappa shape index (κ1) is 14.1. The summed E-state index contributed by atoms with van der Waals surface area (Å²) >= 11 is 3.09. The molecule has 104 valence electrons. The molecule has 2 N–H and O–H groups in total. The first-order valence-corrected chi connectivity index (χ1v) is 5.91. The van der Waals surface area contributed by atoms with Gasteiger partial charge in [-0.15, -0.1) is 0 Å². The Morgan fingerprint density at radius 1 is 1.30 bits per heavy atom. The van der Waals surface area contributed by atoms with Crippen molar-refractivity contribution in [2.75, 3.05) is 5.73 Å². The Morgan fingerprint density at radius 2 is 2.00 bits per heavy atom. The molecule has 0 spiro atoms. The highest BCUT2D eigenvalue weighted by Gasteiger charge is 2.16. The normalized spacial score (nSPS) is 10.3. The second-order valence-electron chi connectivity index (χ2n) is 3.62. The Morgan fingerprint density at radius 3 is 2.65 bits per heavy atom. The van der Waals surface area contributed by atoms with Crippen LogP contribution in [-0.2, 0) is 0 Å². The summed E-state index contributed by atoms with van der Waals surface area (Å²) in [4.78, 5) is 13.4. The molecular formula is C11H6BrF2N3O3. The van der Waals surface area contributed by atoms with Crippen LogP contribution in [0, 0.1) is 21.7 Å². The van der Waals surface area contributed by atoms with Crippen LogP contribution in [0.2, 0.25) is 0 Å². The number of ether oxygens (including phenoxy) is 1. The summed E-state index contributed by atoms with van der Waals surface area (Å²) < 4.78 is 31.9. The van der Waals surface area contributed by atoms with E-state index in [0.717, 1.165) is 6.07 Å². The minimum absolute atomic E-state index is 0.0448. The molecule has 0 aliphatic rings. The second-order valence-corrected chi connectivity index (χ2v) is 4.47. The zero-order chi connectivity index (χ0) is 14.9. The summed E-state index contributed by atoms with van der Waals surface area (Å²) in [6.07, 6.45) is 0. The van der Waals surface area contributed by atoms with Crippen molar-refractivity contribution in [3.8, 4) is 11.6 Å². The van der Waals surface area contributed by atoms with E-state index in [1.54, 1.807) is 0 Å². The molecule has 0 atom stereocenters. The number of nitro groups is 1. The van der Waals surface area contributed by atoms with Gasteiger partial charge < -0.3 is 10.5 Å². The van der Waals surface area contributed by atoms with Gasteiger partial charge in [-0.1, -0.05) is 0 Å². The molecule has 1 heterocycles. The highest BCUT2D eigenvalue weighted by atomic mass is 79.9. The molecule has 0 unspecified atom stereocenters. The Labute approximate surface area is 119 Å². The lowest BCUT2D eigenvalue weighted by atomic mass is 10.3. The number of halogens is 3. The molecule has 6 nitrogen and oxygen atoms in total. The Hall–Kier alpha value is -2.29. The van der Waals surface area contributed by atoms with E-state index in [0.29, 0.717) is 10.5 Å². The standard InChI is InChI=1S/C11H6BrF2N3O3/c12-6-2-1-5(17(18)19)3-9(6)20-11-8(14)4-7(13)10(15)16-11/h1-4H,(H2,15,16). The third-order valence-corrected chi connectivity index (χ3v) is 2.91. The van der Waals surface area contributed by atoms with E-state index in [1.165, 1.54) is 12.1 Å². The number of hydrogen-bond acceptors (Lipinski definition) is 5. The lowest BCUT2D eigenvalue weighted by Crippen LogP contribution is -2.00. The fourth-order valence-corrected chi connectivity index (χ4v) is 1.65. The molecule has 2 aromatic rings. The van der Waals surface area contributed by atoms with Crippen molar-refractivity contribution in [1.29, 1.82) is 0 Å². The van der Waals surface area contributed by atoms with Gasteiger partial charge in [-0.05, 0) is 22.0 Å². The van der Waals surface area contributed by atoms with Crippen LogP contribution in [0.5, 0.6) is 11.6 Å². The topological polar surface area (TPSA) is 91.3 Å². The molecule has 0 bridgehead atoms. The summed E-state index contributed by atoms with van der Waals surface area (Å²) in [5.74, 6) is -3.26. The number of nitrogens with two attached hydrogens (primary N) is 1. The number of hydrogen-bond donors (Lipinski definition) is 1. The SMILES string of the molecule is Nc1nc(Oc2cc([N+](=O)[O-])ccc2Br)c(F)cc1F. The van der Waals surface area contributed by atoms with E-state index < -0.39 is 28.3 Å². The van der Waals surface area contributed by atoms with E-state index in [2.05, 4.69) is 20.9 Å². The second kappa shape index (κ2) is 5.37. The van der Waals surface area contributed by atoms with Gasteiger partial charge in [0.15, 0.2) is 23.2 Å². The lowest BCUT2D eigenvalue weighted by Gasteiger charge is -2.08.